The number of aliphatic hydroxyl groups is 3. The summed E-state index contributed by atoms with van der Waals surface area (Å²) in [6.07, 6.45) is 5.33. The van der Waals surface area contributed by atoms with Crippen molar-refractivity contribution in [2.24, 2.45) is 0 Å². The summed E-state index contributed by atoms with van der Waals surface area (Å²) in [4.78, 5) is 23.0. The van der Waals surface area contributed by atoms with Gasteiger partial charge in [0.25, 0.3) is 5.56 Å². The van der Waals surface area contributed by atoms with E-state index in [1.54, 1.807) is 0 Å². The molecule has 2 aliphatic rings. The smallest absolute Gasteiger partial charge is 0.280 e. The Kier molecular flexibility index (Phi) is 4.90. The molecule has 10 nitrogen and oxygen atoms in total. The molecule has 2 aromatic rings. The van der Waals surface area contributed by atoms with Gasteiger partial charge in [-0.05, 0) is 19.3 Å². The summed E-state index contributed by atoms with van der Waals surface area (Å²) in [6.45, 7) is -0.437. The molecule has 4 rings (SSSR count). The third kappa shape index (κ3) is 2.74. The summed E-state index contributed by atoms with van der Waals surface area (Å²) >= 11 is 0. The van der Waals surface area contributed by atoms with Gasteiger partial charge in [-0.15, -0.1) is 0 Å². The second-order valence-electron chi connectivity index (χ2n) is 7.85. The minimum absolute atomic E-state index is 0.0729. The maximum atomic E-state index is 12.2. The van der Waals surface area contributed by atoms with Gasteiger partial charge in [0.15, 0.2) is 16.9 Å². The Morgan fingerprint density at radius 3 is 2.64 bits per heavy atom. The molecule has 1 aliphatic heterocycles. The lowest BCUT2D eigenvalue weighted by Crippen LogP contribution is -2.57. The van der Waals surface area contributed by atoms with Gasteiger partial charge in [-0.3, -0.25) is 14.3 Å². The van der Waals surface area contributed by atoms with Gasteiger partial charge in [0.2, 0.25) is 5.95 Å². The molecular formula is C18H27N5O5. The lowest BCUT2D eigenvalue weighted by atomic mass is 9.77. The van der Waals surface area contributed by atoms with Crippen LogP contribution >= 0.6 is 0 Å². The zero-order valence-corrected chi connectivity index (χ0v) is 15.7. The third-order valence-electron chi connectivity index (χ3n) is 6.18. The first-order valence-electron chi connectivity index (χ1n) is 9.85. The van der Waals surface area contributed by atoms with Crippen LogP contribution in [0.25, 0.3) is 11.2 Å². The second-order valence-corrected chi connectivity index (χ2v) is 7.85. The predicted octanol–water partition coefficient (Wildman–Crippen LogP) is -0.0279. The van der Waals surface area contributed by atoms with Crippen LogP contribution in [0, 0.1) is 0 Å². The molecule has 0 radical (unpaired) electrons. The molecule has 0 aromatic carbocycles. The SMILES string of the molecule is Nc1nc2c(ncn2[C@@]23CCCCCCCC[C@@]2(O)[C@H](O)[C@@H](CO)O3)c(=O)[nH]1. The van der Waals surface area contributed by atoms with Crippen LogP contribution in [0.4, 0.5) is 5.95 Å². The molecule has 0 amide bonds. The first-order valence-corrected chi connectivity index (χ1v) is 9.85. The highest BCUT2D eigenvalue weighted by Crippen LogP contribution is 2.50. The van der Waals surface area contributed by atoms with Gasteiger partial charge < -0.3 is 25.8 Å². The van der Waals surface area contributed by atoms with Crippen LogP contribution in [0.15, 0.2) is 11.1 Å². The van der Waals surface area contributed by atoms with E-state index in [0.29, 0.717) is 19.3 Å². The topological polar surface area (TPSA) is 160 Å². The molecule has 1 aliphatic carbocycles. The highest BCUT2D eigenvalue weighted by atomic mass is 16.6. The highest BCUT2D eigenvalue weighted by molar-refractivity contribution is 5.71. The Bertz CT molecular complexity index is 913. The van der Waals surface area contributed by atoms with Crippen LogP contribution in [-0.4, -0.2) is 59.3 Å². The zero-order chi connectivity index (χ0) is 19.9. The van der Waals surface area contributed by atoms with E-state index in [1.807, 2.05) is 0 Å². The monoisotopic (exact) mass is 393 g/mol. The summed E-state index contributed by atoms with van der Waals surface area (Å²) in [5.74, 6) is -0.0729. The number of nitrogens with zero attached hydrogens (tertiary/aromatic N) is 3. The van der Waals surface area contributed by atoms with Crippen molar-refractivity contribution in [2.75, 3.05) is 12.3 Å². The van der Waals surface area contributed by atoms with E-state index in [-0.39, 0.29) is 17.1 Å². The van der Waals surface area contributed by atoms with E-state index in [1.165, 1.54) is 10.9 Å². The van der Waals surface area contributed by atoms with E-state index < -0.39 is 35.7 Å². The number of fused-ring (bicyclic) bond motifs is 2. The van der Waals surface area contributed by atoms with Crippen molar-refractivity contribution in [3.05, 3.63) is 16.7 Å². The minimum atomic E-state index is -1.66. The summed E-state index contributed by atoms with van der Waals surface area (Å²) in [5.41, 5.74) is 2.44. The quantitative estimate of drug-likeness (QED) is 0.475. The standard InChI is InChI=1S/C18H27N5O5/c19-16-21-14-12(15(26)22-16)20-10-23(14)18-8-6-4-2-1-3-5-7-17(18,27)13(25)11(9-24)28-18/h10-11,13,24-25,27H,1-9H2,(H3,19,21,22,26)/t11-,13-,17-,18-/m1/s1. The molecule has 4 atom stereocenters. The number of H-pyrrole nitrogens is 1. The summed E-state index contributed by atoms with van der Waals surface area (Å²) in [7, 11) is 0. The van der Waals surface area contributed by atoms with Gasteiger partial charge in [0, 0.05) is 0 Å². The second kappa shape index (κ2) is 7.11. The number of aromatic amines is 1. The fraction of sp³-hybridized carbons (Fsp3) is 0.722. The normalized spacial score (nSPS) is 34.4. The summed E-state index contributed by atoms with van der Waals surface area (Å²) < 4.78 is 7.68. The Hall–Kier alpha value is -2.01. The Balaban J connectivity index is 1.93. The zero-order valence-electron chi connectivity index (χ0n) is 15.7. The molecule has 2 aromatic heterocycles. The van der Waals surface area contributed by atoms with Crippen molar-refractivity contribution in [3.8, 4) is 0 Å². The molecule has 1 saturated heterocycles. The molecule has 28 heavy (non-hydrogen) atoms. The van der Waals surface area contributed by atoms with Crippen LogP contribution in [0.1, 0.15) is 51.4 Å². The number of nitrogen functional groups attached to an aromatic ring is 1. The number of aliphatic hydroxyl groups excluding tert-OH is 2. The maximum Gasteiger partial charge on any atom is 0.280 e. The number of nitrogens with two attached hydrogens (primary N) is 1. The van der Waals surface area contributed by atoms with Crippen molar-refractivity contribution in [3.63, 3.8) is 0 Å². The predicted molar refractivity (Wildman–Crippen MR) is 100 cm³/mol. The molecule has 2 fully saturated rings. The van der Waals surface area contributed by atoms with Gasteiger partial charge in [-0.25, -0.2) is 4.98 Å². The van der Waals surface area contributed by atoms with Gasteiger partial charge in [0.1, 0.15) is 17.8 Å². The average Bonchev–Trinajstić information content (AvgIpc) is 3.18. The fourth-order valence-electron chi connectivity index (χ4n) is 4.75. The van der Waals surface area contributed by atoms with Crippen LogP contribution in [0.3, 0.4) is 0 Å². The Morgan fingerprint density at radius 2 is 1.93 bits per heavy atom. The Morgan fingerprint density at radius 1 is 1.25 bits per heavy atom. The number of nitrogens with one attached hydrogen (secondary N) is 1. The number of ether oxygens (including phenoxy) is 1. The van der Waals surface area contributed by atoms with Crippen LogP contribution in [0.2, 0.25) is 0 Å². The van der Waals surface area contributed by atoms with E-state index in [9.17, 15) is 20.1 Å². The van der Waals surface area contributed by atoms with E-state index in [4.69, 9.17) is 10.5 Å². The number of hydrogen-bond acceptors (Lipinski definition) is 8. The average molecular weight is 393 g/mol. The van der Waals surface area contributed by atoms with Crippen molar-refractivity contribution < 1.29 is 20.1 Å². The largest absolute Gasteiger partial charge is 0.394 e. The van der Waals surface area contributed by atoms with E-state index in [2.05, 4.69) is 15.0 Å². The number of aromatic nitrogens is 4. The molecule has 6 N–H and O–H groups in total. The molecule has 0 spiro atoms. The first-order chi connectivity index (χ1) is 13.4. The molecule has 154 valence electrons. The summed E-state index contributed by atoms with van der Waals surface area (Å²) in [5, 5.41) is 32.4. The van der Waals surface area contributed by atoms with E-state index >= 15 is 0 Å². The third-order valence-corrected chi connectivity index (χ3v) is 6.18. The van der Waals surface area contributed by atoms with Crippen molar-refractivity contribution >= 4 is 17.1 Å². The Labute approximate surface area is 161 Å². The summed E-state index contributed by atoms with van der Waals surface area (Å²) in [6, 6.07) is 0. The molecule has 10 heteroatoms. The van der Waals surface area contributed by atoms with Crippen molar-refractivity contribution in [2.45, 2.75) is 74.9 Å². The maximum absolute atomic E-state index is 12.2. The number of imidazole rings is 1. The van der Waals surface area contributed by atoms with Crippen molar-refractivity contribution in [1.82, 2.24) is 19.5 Å². The fourth-order valence-corrected chi connectivity index (χ4v) is 4.75. The number of anilines is 1. The van der Waals surface area contributed by atoms with Crippen molar-refractivity contribution in [1.29, 1.82) is 0 Å². The van der Waals surface area contributed by atoms with Crippen LogP contribution < -0.4 is 11.3 Å². The highest BCUT2D eigenvalue weighted by Gasteiger charge is 2.65. The minimum Gasteiger partial charge on any atom is -0.394 e. The van der Waals surface area contributed by atoms with Gasteiger partial charge in [0.05, 0.1) is 12.9 Å². The van der Waals surface area contributed by atoms with Crippen LogP contribution in [0.5, 0.6) is 0 Å². The first kappa shape index (κ1) is 19.3. The lowest BCUT2D eigenvalue weighted by Gasteiger charge is -2.43. The van der Waals surface area contributed by atoms with Gasteiger partial charge in [-0.2, -0.15) is 4.98 Å². The molecular weight excluding hydrogens is 366 g/mol. The molecule has 0 bridgehead atoms. The van der Waals surface area contributed by atoms with Gasteiger partial charge in [-0.1, -0.05) is 32.1 Å². The van der Waals surface area contributed by atoms with E-state index in [0.717, 1.165) is 32.1 Å². The number of hydrogen-bond donors (Lipinski definition) is 5. The molecule has 1 saturated carbocycles. The molecule has 0 unspecified atom stereocenters. The molecule has 3 heterocycles. The lowest BCUT2D eigenvalue weighted by molar-refractivity contribution is -0.203. The van der Waals surface area contributed by atoms with Gasteiger partial charge >= 0.3 is 0 Å². The number of rotatable bonds is 2. The van der Waals surface area contributed by atoms with Crippen LogP contribution in [-0.2, 0) is 10.5 Å².